The summed E-state index contributed by atoms with van der Waals surface area (Å²) in [5.41, 5.74) is 12.1. The van der Waals surface area contributed by atoms with E-state index in [4.69, 9.17) is 28.2 Å². The minimum Gasteiger partial charge on any atom is -0.345 e. The molecule has 1 spiro atoms. The Morgan fingerprint density at radius 1 is 0.978 bits per heavy atom. The van der Waals surface area contributed by atoms with Crippen LogP contribution in [0.3, 0.4) is 0 Å². The number of hydrazine groups is 2. The van der Waals surface area contributed by atoms with Crippen LogP contribution in [0.2, 0.25) is 10.0 Å². The highest BCUT2D eigenvalue weighted by Gasteiger charge is 2.52. The molecule has 6 rings (SSSR count). The molecule has 0 bridgehead atoms. The minimum atomic E-state index is -0.629. The van der Waals surface area contributed by atoms with E-state index in [0.717, 1.165) is 41.5 Å². The molecule has 2 aliphatic heterocycles. The lowest BCUT2D eigenvalue weighted by molar-refractivity contribution is -0.134. The second-order valence-electron chi connectivity index (χ2n) is 12.4. The first-order valence-electron chi connectivity index (χ1n) is 15.4. The zero-order valence-electron chi connectivity index (χ0n) is 25.5. The van der Waals surface area contributed by atoms with Crippen LogP contribution in [0.15, 0.2) is 76.8 Å². The second kappa shape index (κ2) is 12.8. The molecule has 3 aromatic rings. The summed E-state index contributed by atoms with van der Waals surface area (Å²) in [5, 5.41) is 7.97. The molecule has 0 aromatic heterocycles. The smallest absolute Gasteiger partial charge is 0.275 e. The molecule has 3 atom stereocenters. The van der Waals surface area contributed by atoms with Gasteiger partial charge >= 0.3 is 0 Å². The van der Waals surface area contributed by atoms with E-state index in [1.165, 1.54) is 0 Å². The lowest BCUT2D eigenvalue weighted by Gasteiger charge is -2.47. The second-order valence-corrected chi connectivity index (χ2v) is 13.2. The number of rotatable bonds is 8. The van der Waals surface area contributed by atoms with Crippen molar-refractivity contribution in [2.75, 3.05) is 6.54 Å². The zero-order valence-corrected chi connectivity index (χ0v) is 27.0. The molecular formula is C34H37Cl2N7O2. The maximum absolute atomic E-state index is 14.5. The fourth-order valence-electron chi connectivity index (χ4n) is 7.11. The summed E-state index contributed by atoms with van der Waals surface area (Å²) < 4.78 is 0. The summed E-state index contributed by atoms with van der Waals surface area (Å²) in [6.07, 6.45) is 3.44. The van der Waals surface area contributed by atoms with Crippen molar-refractivity contribution in [3.63, 3.8) is 0 Å². The molecule has 1 fully saturated rings. The number of carbonyl (C=O) groups excluding carboxylic acids is 2. The highest BCUT2D eigenvalue weighted by molar-refractivity contribution is 6.47. The Morgan fingerprint density at radius 2 is 1.62 bits per heavy atom. The van der Waals surface area contributed by atoms with Gasteiger partial charge in [0, 0.05) is 21.2 Å². The number of carbonyl (C=O) groups is 2. The Hall–Kier alpha value is -3.92. The van der Waals surface area contributed by atoms with E-state index in [9.17, 15) is 9.59 Å². The van der Waals surface area contributed by atoms with Gasteiger partial charge in [-0.3, -0.25) is 20.0 Å². The number of halogens is 2. The van der Waals surface area contributed by atoms with Gasteiger partial charge in [-0.2, -0.15) is 0 Å². The quantitative estimate of drug-likeness (QED) is 0.231. The van der Waals surface area contributed by atoms with Gasteiger partial charge in [0.05, 0.1) is 12.6 Å². The maximum Gasteiger partial charge on any atom is 0.275 e. The molecule has 45 heavy (non-hydrogen) atoms. The van der Waals surface area contributed by atoms with Gasteiger partial charge in [-0.25, -0.2) is 5.53 Å². The van der Waals surface area contributed by atoms with Crippen LogP contribution in [0, 0.1) is 11.8 Å². The molecule has 2 heterocycles. The fourth-order valence-corrected chi connectivity index (χ4v) is 7.64. The lowest BCUT2D eigenvalue weighted by Crippen LogP contribution is -2.52. The van der Waals surface area contributed by atoms with E-state index in [-0.39, 0.29) is 24.4 Å². The van der Waals surface area contributed by atoms with Gasteiger partial charge in [0.25, 0.3) is 11.8 Å². The summed E-state index contributed by atoms with van der Waals surface area (Å²) in [5.74, 6) is 1.17. The van der Waals surface area contributed by atoms with Crippen LogP contribution < -0.4 is 21.8 Å². The largest absolute Gasteiger partial charge is 0.345 e. The average molecular weight is 647 g/mol. The first-order valence-corrected chi connectivity index (χ1v) is 16.1. The van der Waals surface area contributed by atoms with Crippen molar-refractivity contribution in [2.24, 2.45) is 21.9 Å². The summed E-state index contributed by atoms with van der Waals surface area (Å²) in [6.45, 7) is 6.87. The van der Waals surface area contributed by atoms with E-state index >= 15 is 0 Å². The highest BCUT2D eigenvalue weighted by atomic mass is 35.5. The molecule has 0 saturated heterocycles. The third-order valence-electron chi connectivity index (χ3n) is 8.83. The van der Waals surface area contributed by atoms with Crippen LogP contribution in [-0.2, 0) is 4.79 Å². The van der Waals surface area contributed by atoms with E-state index in [1.807, 2.05) is 65.6 Å². The number of aliphatic imine (C=N–C) groups is 1. The number of hydrogen-bond donors (Lipinski definition) is 4. The van der Waals surface area contributed by atoms with Gasteiger partial charge < -0.3 is 10.2 Å². The molecule has 3 aromatic carbocycles. The van der Waals surface area contributed by atoms with Gasteiger partial charge in [-0.05, 0) is 84.5 Å². The van der Waals surface area contributed by atoms with E-state index in [1.54, 1.807) is 6.07 Å². The number of amides is 2. The fraction of sp³-hybridized carbons (Fsp3) is 0.353. The molecule has 3 aliphatic rings. The first kappa shape index (κ1) is 31.1. The van der Waals surface area contributed by atoms with Gasteiger partial charge in [0.1, 0.15) is 11.4 Å². The van der Waals surface area contributed by atoms with Crippen molar-refractivity contribution in [1.29, 1.82) is 0 Å². The number of hydrazone groups is 1. The Balaban J connectivity index is 1.29. The normalized spacial score (nSPS) is 23.3. The molecule has 2 amide bonds. The van der Waals surface area contributed by atoms with Gasteiger partial charge in [-0.15, -0.1) is 10.6 Å². The van der Waals surface area contributed by atoms with Crippen molar-refractivity contribution < 1.29 is 9.59 Å². The highest BCUT2D eigenvalue weighted by Crippen LogP contribution is 2.48. The standard InChI is InChI=1S/C34H37Cl2N7O2/c1-4-29(23-7-11-25(12-8-23)32(44)37-19-30-39-41-42-40-30)43-33(45)31(38-34(43)17-20(2)13-21(3)18-34)24-9-5-22(6-10-24)26-14-27(35)16-28(36)15-26/h5-12,14-16,20-21,29,41-42H,4,13,17-19H2,1-3H3,(H,37,44)(H,39,40)/t20?,21?,29-,34?/m1/s1. The van der Waals surface area contributed by atoms with Gasteiger partial charge in [0.2, 0.25) is 0 Å². The molecule has 1 saturated carbocycles. The van der Waals surface area contributed by atoms with Crippen LogP contribution in [0.4, 0.5) is 0 Å². The van der Waals surface area contributed by atoms with E-state index < -0.39 is 5.66 Å². The van der Waals surface area contributed by atoms with Crippen LogP contribution in [-0.4, -0.2) is 40.5 Å². The van der Waals surface area contributed by atoms with Crippen molar-refractivity contribution in [1.82, 2.24) is 26.7 Å². The van der Waals surface area contributed by atoms with Gasteiger partial charge in [0.15, 0.2) is 5.84 Å². The lowest BCUT2D eigenvalue weighted by atomic mass is 9.75. The number of amidine groups is 1. The van der Waals surface area contributed by atoms with Crippen molar-refractivity contribution in [2.45, 2.75) is 58.2 Å². The topological polar surface area (TPSA) is 110 Å². The van der Waals surface area contributed by atoms with E-state index in [2.05, 4.69) is 47.7 Å². The number of nitrogens with one attached hydrogen (secondary N) is 4. The Bertz CT molecular complexity index is 1630. The molecular weight excluding hydrogens is 609 g/mol. The number of hydrogen-bond acceptors (Lipinski definition) is 7. The summed E-state index contributed by atoms with van der Waals surface area (Å²) in [4.78, 5) is 34.6. The van der Waals surface area contributed by atoms with Crippen LogP contribution in [0.5, 0.6) is 0 Å². The van der Waals surface area contributed by atoms with Crippen LogP contribution in [0.1, 0.15) is 74.0 Å². The SMILES string of the molecule is CC[C@H](c1ccc(C(=O)NCC2=NNNN2)cc1)N1C(=O)C(c2ccc(-c3cc(Cl)cc(Cl)c3)cc2)=NC12CC(C)CC(C)C2. The molecule has 1 aliphatic carbocycles. The third kappa shape index (κ3) is 6.43. The Labute approximate surface area is 273 Å². The Kier molecular flexibility index (Phi) is 8.86. The van der Waals surface area contributed by atoms with Crippen molar-refractivity contribution >= 4 is 46.6 Å². The molecule has 4 N–H and O–H groups in total. The molecule has 11 heteroatoms. The van der Waals surface area contributed by atoms with Crippen LogP contribution >= 0.6 is 23.2 Å². The average Bonchev–Trinajstić information content (AvgIpc) is 3.62. The molecule has 0 radical (unpaired) electrons. The number of benzene rings is 3. The predicted octanol–water partition coefficient (Wildman–Crippen LogP) is 6.25. The number of nitrogens with zero attached hydrogens (tertiary/aromatic N) is 3. The molecule has 234 valence electrons. The van der Waals surface area contributed by atoms with Crippen molar-refractivity contribution in [3.8, 4) is 11.1 Å². The maximum atomic E-state index is 14.5. The summed E-state index contributed by atoms with van der Waals surface area (Å²) in [6, 6.07) is 20.7. The molecule has 9 nitrogen and oxygen atoms in total. The predicted molar refractivity (Wildman–Crippen MR) is 179 cm³/mol. The molecule has 2 unspecified atom stereocenters. The monoisotopic (exact) mass is 645 g/mol. The Morgan fingerprint density at radius 3 is 2.22 bits per heavy atom. The summed E-state index contributed by atoms with van der Waals surface area (Å²) in [7, 11) is 0. The first-order chi connectivity index (χ1) is 21.7. The summed E-state index contributed by atoms with van der Waals surface area (Å²) >= 11 is 12.5. The minimum absolute atomic E-state index is 0.0597. The van der Waals surface area contributed by atoms with E-state index in [0.29, 0.717) is 45.4 Å². The zero-order chi connectivity index (χ0) is 31.7. The van der Waals surface area contributed by atoms with Gasteiger partial charge in [-0.1, -0.05) is 80.4 Å². The third-order valence-corrected chi connectivity index (χ3v) is 9.26. The van der Waals surface area contributed by atoms with Crippen LogP contribution in [0.25, 0.3) is 11.1 Å². The van der Waals surface area contributed by atoms with Crippen molar-refractivity contribution in [3.05, 3.63) is 93.5 Å².